The van der Waals surface area contributed by atoms with Gasteiger partial charge in [0.1, 0.15) is 0 Å². The van der Waals surface area contributed by atoms with E-state index in [1.807, 2.05) is 0 Å². The Labute approximate surface area is 138 Å². The van der Waals surface area contributed by atoms with Crippen molar-refractivity contribution in [3.05, 3.63) is 30.1 Å². The van der Waals surface area contributed by atoms with Gasteiger partial charge in [0.25, 0.3) is 5.91 Å². The Kier molecular flexibility index (Phi) is 5.62. The van der Waals surface area contributed by atoms with E-state index in [1.54, 1.807) is 24.5 Å². The number of aliphatic hydroxyl groups is 1. The van der Waals surface area contributed by atoms with Gasteiger partial charge in [0, 0.05) is 37.6 Å². The number of nitrogens with zero attached hydrogens (tertiary/aromatic N) is 2. The van der Waals surface area contributed by atoms with E-state index < -0.39 is 0 Å². The van der Waals surface area contributed by atoms with Gasteiger partial charge < -0.3 is 10.4 Å². The smallest absolute Gasteiger partial charge is 0.253 e. The number of rotatable bonds is 5. The van der Waals surface area contributed by atoms with Gasteiger partial charge in [0.05, 0.1) is 12.2 Å². The summed E-state index contributed by atoms with van der Waals surface area (Å²) in [7, 11) is 0. The Hall–Kier alpha value is -1.46. The standard InChI is InChI=1S/C18H27N3O2/c22-13-17-9-16(20-18(23)15-7-4-8-19-10-15)12-21(17)11-14-5-2-1-3-6-14/h4,7-8,10,14,16-17,22H,1-3,5-6,9,11-13H2,(H,20,23)/t16-,17-/m0/s1. The Balaban J connectivity index is 1.54. The second-order valence-corrected chi connectivity index (χ2v) is 6.94. The summed E-state index contributed by atoms with van der Waals surface area (Å²) in [6.45, 7) is 2.07. The van der Waals surface area contributed by atoms with E-state index in [0.29, 0.717) is 5.56 Å². The van der Waals surface area contributed by atoms with Gasteiger partial charge in [0.15, 0.2) is 0 Å². The van der Waals surface area contributed by atoms with E-state index in [9.17, 15) is 9.90 Å². The van der Waals surface area contributed by atoms with Gasteiger partial charge >= 0.3 is 0 Å². The highest BCUT2D eigenvalue weighted by Crippen LogP contribution is 2.27. The highest BCUT2D eigenvalue weighted by Gasteiger charge is 2.33. The summed E-state index contributed by atoms with van der Waals surface area (Å²) in [5.74, 6) is 0.685. The molecule has 2 fully saturated rings. The molecule has 23 heavy (non-hydrogen) atoms. The number of amides is 1. The molecule has 1 aliphatic heterocycles. The highest BCUT2D eigenvalue weighted by molar-refractivity contribution is 5.94. The van der Waals surface area contributed by atoms with Crippen LogP contribution in [0.15, 0.2) is 24.5 Å². The Morgan fingerprint density at radius 3 is 2.87 bits per heavy atom. The molecule has 3 rings (SSSR count). The normalized spacial score (nSPS) is 26.3. The zero-order valence-electron chi connectivity index (χ0n) is 13.7. The van der Waals surface area contributed by atoms with Gasteiger partial charge in [-0.15, -0.1) is 0 Å². The first kappa shape index (κ1) is 16.4. The molecule has 0 unspecified atom stereocenters. The number of aliphatic hydroxyl groups excluding tert-OH is 1. The molecule has 1 aromatic heterocycles. The number of carbonyl (C=O) groups excluding carboxylic acids is 1. The fourth-order valence-corrected chi connectivity index (χ4v) is 3.97. The summed E-state index contributed by atoms with van der Waals surface area (Å²) >= 11 is 0. The topological polar surface area (TPSA) is 65.5 Å². The molecule has 2 aliphatic rings. The molecule has 0 spiro atoms. The molecule has 0 aromatic carbocycles. The van der Waals surface area contributed by atoms with E-state index in [1.165, 1.54) is 32.1 Å². The van der Waals surface area contributed by atoms with Gasteiger partial charge in [-0.2, -0.15) is 0 Å². The van der Waals surface area contributed by atoms with Crippen molar-refractivity contribution >= 4 is 5.91 Å². The van der Waals surface area contributed by atoms with Crippen molar-refractivity contribution in [2.24, 2.45) is 5.92 Å². The molecule has 2 heterocycles. The molecule has 1 aliphatic carbocycles. The molecule has 5 heteroatoms. The van der Waals surface area contributed by atoms with Gasteiger partial charge in [0.2, 0.25) is 0 Å². The summed E-state index contributed by atoms with van der Waals surface area (Å²) in [5.41, 5.74) is 0.596. The van der Waals surface area contributed by atoms with E-state index in [0.717, 1.165) is 25.4 Å². The predicted molar refractivity (Wildman–Crippen MR) is 89.1 cm³/mol. The lowest BCUT2D eigenvalue weighted by Crippen LogP contribution is -2.39. The van der Waals surface area contributed by atoms with Crippen molar-refractivity contribution in [3.8, 4) is 0 Å². The number of pyridine rings is 1. The first-order valence-electron chi connectivity index (χ1n) is 8.82. The van der Waals surface area contributed by atoms with Crippen LogP contribution >= 0.6 is 0 Å². The molecule has 5 nitrogen and oxygen atoms in total. The summed E-state index contributed by atoms with van der Waals surface area (Å²) in [6, 6.07) is 3.84. The second-order valence-electron chi connectivity index (χ2n) is 6.94. The molecule has 126 valence electrons. The lowest BCUT2D eigenvalue weighted by atomic mass is 9.89. The molecule has 1 amide bonds. The molecule has 0 radical (unpaired) electrons. The van der Waals surface area contributed by atoms with Crippen LogP contribution in [0.2, 0.25) is 0 Å². The SMILES string of the molecule is O=C(N[C@H]1C[C@@H](CO)N(CC2CCCCC2)C1)c1cccnc1. The highest BCUT2D eigenvalue weighted by atomic mass is 16.3. The second kappa shape index (κ2) is 7.88. The van der Waals surface area contributed by atoms with Gasteiger partial charge in [-0.1, -0.05) is 19.3 Å². The maximum Gasteiger partial charge on any atom is 0.253 e. The van der Waals surface area contributed by atoms with Crippen molar-refractivity contribution in [2.45, 2.75) is 50.6 Å². The van der Waals surface area contributed by atoms with E-state index >= 15 is 0 Å². The zero-order chi connectivity index (χ0) is 16.1. The van der Waals surface area contributed by atoms with Crippen LogP contribution in [0.3, 0.4) is 0 Å². The molecular weight excluding hydrogens is 290 g/mol. The fraction of sp³-hybridized carbons (Fsp3) is 0.667. The van der Waals surface area contributed by atoms with E-state index in [2.05, 4.69) is 15.2 Å². The van der Waals surface area contributed by atoms with Crippen LogP contribution in [0.25, 0.3) is 0 Å². The van der Waals surface area contributed by atoms with Crippen molar-refractivity contribution in [3.63, 3.8) is 0 Å². The summed E-state index contributed by atoms with van der Waals surface area (Å²) in [6.07, 6.45) is 10.7. The molecule has 1 aromatic rings. The predicted octanol–water partition coefficient (Wildman–Crippen LogP) is 1.83. The van der Waals surface area contributed by atoms with Crippen molar-refractivity contribution in [1.29, 1.82) is 0 Å². The van der Waals surface area contributed by atoms with Gasteiger partial charge in [-0.3, -0.25) is 14.7 Å². The number of hydrogen-bond donors (Lipinski definition) is 2. The minimum absolute atomic E-state index is 0.0701. The number of likely N-dealkylation sites (tertiary alicyclic amines) is 1. The van der Waals surface area contributed by atoms with Crippen LogP contribution in [0.1, 0.15) is 48.9 Å². The summed E-state index contributed by atoms with van der Waals surface area (Å²) < 4.78 is 0. The molecule has 0 bridgehead atoms. The minimum atomic E-state index is -0.0701. The number of nitrogens with one attached hydrogen (secondary N) is 1. The quantitative estimate of drug-likeness (QED) is 0.869. The summed E-state index contributed by atoms with van der Waals surface area (Å²) in [4.78, 5) is 18.6. The lowest BCUT2D eigenvalue weighted by Gasteiger charge is -2.30. The van der Waals surface area contributed by atoms with Crippen molar-refractivity contribution in [2.75, 3.05) is 19.7 Å². The third kappa shape index (κ3) is 4.30. The third-order valence-electron chi connectivity index (χ3n) is 5.22. The van der Waals surface area contributed by atoms with Gasteiger partial charge in [-0.05, 0) is 37.3 Å². The Morgan fingerprint density at radius 1 is 1.35 bits per heavy atom. The summed E-state index contributed by atoms with van der Waals surface area (Å²) in [5, 5.41) is 12.8. The van der Waals surface area contributed by atoms with Crippen molar-refractivity contribution < 1.29 is 9.90 Å². The molecule has 2 atom stereocenters. The number of aromatic nitrogens is 1. The minimum Gasteiger partial charge on any atom is -0.395 e. The Bertz CT molecular complexity index is 502. The van der Waals surface area contributed by atoms with Crippen LogP contribution < -0.4 is 5.32 Å². The number of hydrogen-bond acceptors (Lipinski definition) is 4. The molecule has 1 saturated carbocycles. The maximum atomic E-state index is 12.3. The fourth-order valence-electron chi connectivity index (χ4n) is 3.97. The van der Waals surface area contributed by atoms with E-state index in [4.69, 9.17) is 0 Å². The monoisotopic (exact) mass is 317 g/mol. The Morgan fingerprint density at radius 2 is 2.17 bits per heavy atom. The van der Waals surface area contributed by atoms with Gasteiger partial charge in [-0.25, -0.2) is 0 Å². The third-order valence-corrected chi connectivity index (χ3v) is 5.22. The first-order valence-corrected chi connectivity index (χ1v) is 8.82. The van der Waals surface area contributed by atoms with Crippen molar-refractivity contribution in [1.82, 2.24) is 15.2 Å². The molecular formula is C18H27N3O2. The maximum absolute atomic E-state index is 12.3. The average Bonchev–Trinajstić information content (AvgIpc) is 2.98. The van der Waals surface area contributed by atoms with Crippen LogP contribution in [-0.4, -0.2) is 52.7 Å². The number of carbonyl (C=O) groups is 1. The largest absolute Gasteiger partial charge is 0.395 e. The average molecular weight is 317 g/mol. The molecule has 2 N–H and O–H groups in total. The van der Waals surface area contributed by atoms with E-state index in [-0.39, 0.29) is 24.6 Å². The lowest BCUT2D eigenvalue weighted by molar-refractivity contribution is 0.0936. The zero-order valence-corrected chi connectivity index (χ0v) is 13.7. The van der Waals surface area contributed by atoms with Crippen LogP contribution in [0.5, 0.6) is 0 Å². The van der Waals surface area contributed by atoms with Crippen LogP contribution in [0.4, 0.5) is 0 Å². The van der Waals surface area contributed by atoms with Crippen LogP contribution in [0, 0.1) is 5.92 Å². The first-order chi connectivity index (χ1) is 11.3. The van der Waals surface area contributed by atoms with Crippen LogP contribution in [-0.2, 0) is 0 Å². The molecule has 1 saturated heterocycles.